The van der Waals surface area contributed by atoms with E-state index in [-0.39, 0.29) is 64.0 Å². The topological polar surface area (TPSA) is 242 Å². The van der Waals surface area contributed by atoms with Gasteiger partial charge in [-0.1, -0.05) is 270 Å². The molecule has 0 spiro atoms. The molecule has 0 aromatic heterocycles. The van der Waals surface area contributed by atoms with Gasteiger partial charge in [0.25, 0.3) is 11.8 Å². The van der Waals surface area contributed by atoms with Gasteiger partial charge in [-0.25, -0.2) is 33.6 Å². The third kappa shape index (κ3) is 25.1. The van der Waals surface area contributed by atoms with Gasteiger partial charge in [-0.2, -0.15) is 0 Å². The van der Waals surface area contributed by atoms with Gasteiger partial charge in [-0.15, -0.1) is 0 Å². The van der Waals surface area contributed by atoms with E-state index in [0.29, 0.717) is 50.1 Å². The minimum Gasteiger partial charge on any atom is -0.459 e. The van der Waals surface area contributed by atoms with Crippen molar-refractivity contribution in [3.8, 4) is 0 Å². The first-order valence-corrected chi connectivity index (χ1v) is 43.9. The molecule has 0 radical (unpaired) electrons. The lowest BCUT2D eigenvalue weighted by atomic mass is 9.97. The second-order valence-electron chi connectivity index (χ2n) is 32.5. The number of rotatable bonds is 22. The highest BCUT2D eigenvalue weighted by atomic mass is 16.6. The van der Waals surface area contributed by atoms with Crippen LogP contribution in [-0.4, -0.2) is 93.2 Å². The minimum absolute atomic E-state index is 0.000131. The normalized spacial score (nSPS) is 10.6. The Morgan fingerprint density at radius 1 is 0.221 bits per heavy atom. The smallest absolute Gasteiger partial charge is 0.339 e. The molecule has 0 aliphatic rings. The molecule has 2 amide bonds. The number of nitrogens with one attached hydrogen (secondary N) is 2. The molecule has 678 valence electrons. The van der Waals surface area contributed by atoms with Crippen LogP contribution in [0.3, 0.4) is 0 Å². The SMILES string of the molecule is C=C(C)C(=O)Nc1ccc2cc3ccccc3cc2c1.C=C(C)C(=O)Nc1cccc2cc3ccccc3cc12.C=C(C)C(=O)OCCOC(=O)c1c2ccccc2cc2ccccc12.C=C(C)C(=O)OCCOC(=O)c1c2ccccc2cc2ccccc12.C=C(C)C(=O)OCCOC(=O)c1ccc2cc3ccccc3cc2c1.C=C(C)C(=O)OCc1ccc2cc3ccccc3cc2c1. The van der Waals surface area contributed by atoms with E-state index in [2.05, 4.69) is 171 Å². The van der Waals surface area contributed by atoms with Gasteiger partial charge in [0, 0.05) is 50.2 Å². The van der Waals surface area contributed by atoms with Crippen LogP contribution in [0.25, 0.3) is 129 Å². The van der Waals surface area contributed by atoms with Crippen molar-refractivity contribution in [2.24, 2.45) is 0 Å². The molecule has 0 aliphatic carbocycles. The number of amides is 2. The van der Waals surface area contributed by atoms with E-state index in [4.69, 9.17) is 33.2 Å². The average Bonchev–Trinajstić information content (AvgIpc) is 0.762. The summed E-state index contributed by atoms with van der Waals surface area (Å²) in [5.74, 6) is -3.43. The summed E-state index contributed by atoms with van der Waals surface area (Å²) >= 11 is 0. The van der Waals surface area contributed by atoms with E-state index in [0.717, 1.165) is 114 Å². The quantitative estimate of drug-likeness (QED) is 0.0211. The maximum Gasteiger partial charge on any atom is 0.339 e. The molecule has 0 saturated heterocycles. The lowest BCUT2D eigenvalue weighted by Crippen LogP contribution is -2.14. The van der Waals surface area contributed by atoms with Crippen molar-refractivity contribution in [2.75, 3.05) is 50.3 Å². The van der Waals surface area contributed by atoms with Crippen molar-refractivity contribution < 1.29 is 76.3 Å². The van der Waals surface area contributed by atoms with E-state index in [1.807, 2.05) is 200 Å². The molecule has 0 atom stereocenters. The first kappa shape index (κ1) is 96.3. The fourth-order valence-electron chi connectivity index (χ4n) is 14.8. The van der Waals surface area contributed by atoms with Crippen LogP contribution in [0.5, 0.6) is 0 Å². The van der Waals surface area contributed by atoms with Crippen molar-refractivity contribution in [1.82, 2.24) is 0 Å². The third-order valence-corrected chi connectivity index (χ3v) is 21.8. The summed E-state index contributed by atoms with van der Waals surface area (Å²) in [6.07, 6.45) is 0. The van der Waals surface area contributed by atoms with Crippen molar-refractivity contribution in [1.29, 1.82) is 0 Å². The molecule has 18 rings (SSSR count). The lowest BCUT2D eigenvalue weighted by Gasteiger charge is -2.11. The standard InChI is InChI=1S/3C21H18O4.C19H16O2.2C18H15NO/c2*1-14(2)20(22)24-11-12-25-21(23)19-17-9-5-3-7-15(17)13-16-8-4-6-10-18(16)19;1-14(2)20(22)24-9-10-25-21(23)18-8-7-17-11-15-5-3-4-6-16(15)12-19(17)13-18;1-13(2)19(20)21-12-14-7-8-17-10-15-5-3-4-6-16(15)11-18(17)9-14;1-12(2)18(20)19-17-9-5-8-15-10-13-6-3-4-7-14(13)11-16(15)17;1-12(2)18(20)19-17-8-7-15-9-13-5-3-4-6-14(13)10-16(15)11-17/h2*3-10,13H,1,11-12H2,2H3;3-8,11-13H,1,9-10H2,2H3;3-11H,1,12H2,2H3;2*3-11H,1H2,2H3,(H,19,20). The van der Waals surface area contributed by atoms with Crippen LogP contribution in [0.4, 0.5) is 11.4 Å². The Morgan fingerprint density at radius 2 is 0.493 bits per heavy atom. The minimum atomic E-state index is -0.494. The molecule has 0 bridgehead atoms. The zero-order valence-corrected chi connectivity index (χ0v) is 76.4. The number of benzene rings is 18. The van der Waals surface area contributed by atoms with Gasteiger partial charge in [-0.05, 0) is 268 Å². The molecule has 0 saturated carbocycles. The zero-order valence-electron chi connectivity index (χ0n) is 76.4. The number of fused-ring (bicyclic) bond motifs is 12. The summed E-state index contributed by atoms with van der Waals surface area (Å²) in [6.45, 7) is 31.4. The van der Waals surface area contributed by atoms with Gasteiger partial charge in [0.2, 0.25) is 0 Å². The molecule has 18 aromatic rings. The highest BCUT2D eigenvalue weighted by molar-refractivity contribution is 6.19. The Balaban J connectivity index is 0.000000138. The molecular formula is C118H100N2O16. The van der Waals surface area contributed by atoms with Crippen LogP contribution < -0.4 is 10.6 Å². The molecule has 2 N–H and O–H groups in total. The number of anilines is 2. The fraction of sp³-hybridized carbons (Fsp3) is 0.110. The first-order chi connectivity index (χ1) is 65.6. The van der Waals surface area contributed by atoms with Gasteiger partial charge in [0.15, 0.2) is 0 Å². The zero-order chi connectivity index (χ0) is 96.5. The highest BCUT2D eigenvalue weighted by Gasteiger charge is 2.21. The van der Waals surface area contributed by atoms with Gasteiger partial charge in [0.05, 0.1) is 16.7 Å². The van der Waals surface area contributed by atoms with Gasteiger partial charge >= 0.3 is 41.8 Å². The molecule has 18 aromatic carbocycles. The average molecular weight is 1800 g/mol. The van der Waals surface area contributed by atoms with Crippen LogP contribution in [-0.2, 0) is 68.5 Å². The Hall–Kier alpha value is -17.3. The number of ether oxygens (including phenoxy) is 7. The van der Waals surface area contributed by atoms with Crippen molar-refractivity contribution in [3.05, 3.63) is 423 Å². The van der Waals surface area contributed by atoms with Gasteiger partial charge < -0.3 is 43.8 Å². The van der Waals surface area contributed by atoms with Crippen LogP contribution in [0.15, 0.2) is 400 Å². The summed E-state index contributed by atoms with van der Waals surface area (Å²) in [5.41, 5.74) is 6.47. The van der Waals surface area contributed by atoms with Gasteiger partial charge in [-0.3, -0.25) is 9.59 Å². The molecule has 18 nitrogen and oxygen atoms in total. The molecule has 18 heteroatoms. The van der Waals surface area contributed by atoms with Crippen LogP contribution in [0.2, 0.25) is 0 Å². The van der Waals surface area contributed by atoms with Crippen molar-refractivity contribution in [2.45, 2.75) is 48.1 Å². The second kappa shape index (κ2) is 45.5. The van der Waals surface area contributed by atoms with Gasteiger partial charge in [0.1, 0.15) is 46.2 Å². The van der Waals surface area contributed by atoms with Crippen LogP contribution >= 0.6 is 0 Å². The van der Waals surface area contributed by atoms with E-state index in [1.54, 1.807) is 47.6 Å². The molecule has 0 heterocycles. The monoisotopic (exact) mass is 1800 g/mol. The molecular weight excluding hydrogens is 1700 g/mol. The third-order valence-electron chi connectivity index (χ3n) is 21.8. The van der Waals surface area contributed by atoms with E-state index in [1.165, 1.54) is 32.3 Å². The Morgan fingerprint density at radius 3 is 0.875 bits per heavy atom. The number of esters is 7. The lowest BCUT2D eigenvalue weighted by molar-refractivity contribution is -0.141. The first-order valence-electron chi connectivity index (χ1n) is 43.9. The maximum atomic E-state index is 12.7. The van der Waals surface area contributed by atoms with Crippen LogP contribution in [0, 0.1) is 0 Å². The summed E-state index contributed by atoms with van der Waals surface area (Å²) < 4.78 is 35.8. The number of carbonyl (C=O) groups is 9. The number of hydrogen-bond donors (Lipinski definition) is 2. The predicted molar refractivity (Wildman–Crippen MR) is 548 cm³/mol. The summed E-state index contributed by atoms with van der Waals surface area (Å²) in [6, 6.07) is 108. The van der Waals surface area contributed by atoms with Crippen molar-refractivity contribution in [3.63, 3.8) is 0 Å². The van der Waals surface area contributed by atoms with Crippen LogP contribution in [0.1, 0.15) is 78.2 Å². The Labute approximate surface area is 787 Å². The molecule has 0 unspecified atom stereocenters. The highest BCUT2D eigenvalue weighted by Crippen LogP contribution is 2.35. The molecule has 136 heavy (non-hydrogen) atoms. The second-order valence-corrected chi connectivity index (χ2v) is 32.5. The number of hydrogen-bond acceptors (Lipinski definition) is 16. The molecule has 0 fully saturated rings. The summed E-state index contributed by atoms with van der Waals surface area (Å²) in [5, 5.41) is 31.3. The van der Waals surface area contributed by atoms with E-state index < -0.39 is 35.8 Å². The predicted octanol–water partition coefficient (Wildman–Crippen LogP) is 26.4. The Kier molecular flexibility index (Phi) is 32.2. The summed E-state index contributed by atoms with van der Waals surface area (Å²) in [4.78, 5) is 106. The Bertz CT molecular complexity index is 7510. The maximum absolute atomic E-state index is 12.7. The van der Waals surface area contributed by atoms with E-state index in [9.17, 15) is 43.2 Å². The fourth-order valence-corrected chi connectivity index (χ4v) is 14.8. The summed E-state index contributed by atoms with van der Waals surface area (Å²) in [7, 11) is 0. The number of carbonyl (C=O) groups excluding carboxylic acids is 9. The largest absolute Gasteiger partial charge is 0.459 e. The molecule has 0 aliphatic heterocycles. The van der Waals surface area contributed by atoms with E-state index >= 15 is 0 Å². The van der Waals surface area contributed by atoms with Crippen molar-refractivity contribution >= 4 is 194 Å².